The molecule has 0 amide bonds. The topological polar surface area (TPSA) is 78.0 Å². The van der Waals surface area contributed by atoms with E-state index in [1.807, 2.05) is 4.57 Å². The average molecular weight is 187 g/mol. The van der Waals surface area contributed by atoms with Gasteiger partial charge in [0.1, 0.15) is 5.82 Å². The van der Waals surface area contributed by atoms with Crippen molar-refractivity contribution in [1.29, 1.82) is 0 Å². The van der Waals surface area contributed by atoms with Gasteiger partial charge in [0.2, 0.25) is 0 Å². The standard InChI is InChI=1S/C6H9N3O2S/c7-12(10,11)6-4-9-3-1-2-5(9)8-6/h4H,1-3H2,(H2,7,10,11). The first-order valence-electron chi connectivity index (χ1n) is 3.66. The zero-order chi connectivity index (χ0) is 8.77. The summed E-state index contributed by atoms with van der Waals surface area (Å²) < 4.78 is 23.5. The number of aromatic nitrogens is 2. The lowest BCUT2D eigenvalue weighted by Gasteiger charge is -1.90. The second-order valence-corrected chi connectivity index (χ2v) is 4.35. The highest BCUT2D eigenvalue weighted by Gasteiger charge is 2.18. The highest BCUT2D eigenvalue weighted by Crippen LogP contribution is 2.15. The van der Waals surface area contributed by atoms with Crippen molar-refractivity contribution < 1.29 is 8.42 Å². The van der Waals surface area contributed by atoms with Gasteiger partial charge in [0.15, 0.2) is 5.03 Å². The lowest BCUT2D eigenvalue weighted by molar-refractivity contribution is 0.593. The van der Waals surface area contributed by atoms with Gasteiger partial charge in [0.05, 0.1) is 0 Å². The molecule has 0 saturated carbocycles. The Morgan fingerprint density at radius 1 is 1.58 bits per heavy atom. The van der Waals surface area contributed by atoms with Gasteiger partial charge in [-0.05, 0) is 6.42 Å². The molecule has 0 aliphatic carbocycles. The summed E-state index contributed by atoms with van der Waals surface area (Å²) in [5, 5.41) is 4.90. The van der Waals surface area contributed by atoms with Crippen molar-refractivity contribution in [2.75, 3.05) is 0 Å². The molecule has 0 fully saturated rings. The van der Waals surface area contributed by atoms with Crippen molar-refractivity contribution >= 4 is 10.0 Å². The van der Waals surface area contributed by atoms with E-state index in [2.05, 4.69) is 4.98 Å². The van der Waals surface area contributed by atoms with Crippen LogP contribution in [-0.4, -0.2) is 18.0 Å². The Morgan fingerprint density at radius 3 is 2.92 bits per heavy atom. The molecular formula is C6H9N3O2S. The van der Waals surface area contributed by atoms with Crippen LogP contribution in [0.4, 0.5) is 0 Å². The summed E-state index contributed by atoms with van der Waals surface area (Å²) in [6.45, 7) is 0.845. The molecule has 0 saturated heterocycles. The van der Waals surface area contributed by atoms with E-state index in [1.54, 1.807) is 0 Å². The first kappa shape index (κ1) is 7.75. The van der Waals surface area contributed by atoms with Crippen LogP contribution in [0.15, 0.2) is 11.2 Å². The van der Waals surface area contributed by atoms with Gasteiger partial charge in [0, 0.05) is 19.2 Å². The molecule has 0 aromatic carbocycles. The number of sulfonamides is 1. The Labute approximate surface area is 70.3 Å². The van der Waals surface area contributed by atoms with Crippen LogP contribution >= 0.6 is 0 Å². The van der Waals surface area contributed by atoms with E-state index in [9.17, 15) is 8.42 Å². The summed E-state index contributed by atoms with van der Waals surface area (Å²) in [7, 11) is -3.61. The van der Waals surface area contributed by atoms with Gasteiger partial charge in [-0.15, -0.1) is 0 Å². The molecule has 1 aromatic rings. The fourth-order valence-electron chi connectivity index (χ4n) is 1.37. The van der Waals surface area contributed by atoms with E-state index in [1.165, 1.54) is 6.20 Å². The molecule has 0 radical (unpaired) electrons. The Balaban J connectivity index is 2.51. The van der Waals surface area contributed by atoms with Gasteiger partial charge in [-0.1, -0.05) is 0 Å². The molecule has 0 bridgehead atoms. The number of nitrogens with zero attached hydrogens (tertiary/aromatic N) is 2. The SMILES string of the molecule is NS(=O)(=O)c1cn2c(n1)CCC2. The fourth-order valence-corrected chi connectivity index (χ4v) is 1.87. The molecule has 0 unspecified atom stereocenters. The minimum absolute atomic E-state index is 0.0165. The van der Waals surface area contributed by atoms with Crippen molar-refractivity contribution in [3.05, 3.63) is 12.0 Å². The van der Waals surface area contributed by atoms with E-state index in [0.717, 1.165) is 25.2 Å². The second-order valence-electron chi connectivity index (χ2n) is 2.84. The maximum atomic E-state index is 10.8. The number of hydrogen-bond acceptors (Lipinski definition) is 3. The molecule has 2 rings (SSSR count). The minimum atomic E-state index is -3.61. The molecule has 2 N–H and O–H groups in total. The molecule has 66 valence electrons. The maximum absolute atomic E-state index is 10.8. The third-order valence-electron chi connectivity index (χ3n) is 1.93. The summed E-state index contributed by atoms with van der Waals surface area (Å²) in [4.78, 5) is 3.91. The highest BCUT2D eigenvalue weighted by molar-refractivity contribution is 7.89. The molecule has 0 spiro atoms. The van der Waals surface area contributed by atoms with E-state index >= 15 is 0 Å². The van der Waals surface area contributed by atoms with Crippen molar-refractivity contribution in [2.24, 2.45) is 5.14 Å². The number of rotatable bonds is 1. The van der Waals surface area contributed by atoms with Gasteiger partial charge in [-0.2, -0.15) is 0 Å². The maximum Gasteiger partial charge on any atom is 0.257 e. The summed E-state index contributed by atoms with van der Waals surface area (Å²) in [5.74, 6) is 0.819. The Morgan fingerprint density at radius 2 is 2.33 bits per heavy atom. The highest BCUT2D eigenvalue weighted by atomic mass is 32.2. The third kappa shape index (κ3) is 1.12. The second kappa shape index (κ2) is 2.30. The van der Waals surface area contributed by atoms with Gasteiger partial charge in [-0.3, -0.25) is 0 Å². The number of imidazole rings is 1. The van der Waals surface area contributed by atoms with Crippen molar-refractivity contribution in [3.8, 4) is 0 Å². The number of aryl methyl sites for hydroxylation is 2. The molecule has 6 heteroatoms. The molecule has 1 aromatic heterocycles. The summed E-state index contributed by atoms with van der Waals surface area (Å²) in [5.41, 5.74) is 0. The van der Waals surface area contributed by atoms with E-state index in [4.69, 9.17) is 5.14 Å². The molecule has 5 nitrogen and oxygen atoms in total. The monoisotopic (exact) mass is 187 g/mol. The normalized spacial score (nSPS) is 16.4. The van der Waals surface area contributed by atoms with Crippen LogP contribution < -0.4 is 5.14 Å². The first-order valence-corrected chi connectivity index (χ1v) is 5.21. The Hall–Kier alpha value is -0.880. The van der Waals surface area contributed by atoms with Gasteiger partial charge < -0.3 is 4.57 Å². The minimum Gasteiger partial charge on any atom is -0.333 e. The van der Waals surface area contributed by atoms with Crippen molar-refractivity contribution in [3.63, 3.8) is 0 Å². The Kier molecular flexibility index (Phi) is 1.49. The van der Waals surface area contributed by atoms with Crippen LogP contribution in [0.25, 0.3) is 0 Å². The van der Waals surface area contributed by atoms with Gasteiger partial charge in [0.25, 0.3) is 10.0 Å². The van der Waals surface area contributed by atoms with Crippen LogP contribution in [0.5, 0.6) is 0 Å². The van der Waals surface area contributed by atoms with E-state index in [0.29, 0.717) is 0 Å². The summed E-state index contributed by atoms with van der Waals surface area (Å²) in [6, 6.07) is 0. The number of hydrogen-bond donors (Lipinski definition) is 1. The zero-order valence-corrected chi connectivity index (χ0v) is 7.21. The largest absolute Gasteiger partial charge is 0.333 e. The molecule has 12 heavy (non-hydrogen) atoms. The molecule has 1 aliphatic heterocycles. The quantitative estimate of drug-likeness (QED) is 0.642. The van der Waals surface area contributed by atoms with Crippen LogP contribution in [-0.2, 0) is 23.0 Å². The van der Waals surface area contributed by atoms with Crippen LogP contribution in [0.3, 0.4) is 0 Å². The fraction of sp³-hybridized carbons (Fsp3) is 0.500. The van der Waals surface area contributed by atoms with E-state index in [-0.39, 0.29) is 5.03 Å². The van der Waals surface area contributed by atoms with Crippen LogP contribution in [0.2, 0.25) is 0 Å². The van der Waals surface area contributed by atoms with Gasteiger partial charge in [-0.25, -0.2) is 18.5 Å². The molecule has 2 heterocycles. The third-order valence-corrected chi connectivity index (χ3v) is 2.71. The summed E-state index contributed by atoms with van der Waals surface area (Å²) >= 11 is 0. The number of nitrogens with two attached hydrogens (primary N) is 1. The van der Waals surface area contributed by atoms with Gasteiger partial charge >= 0.3 is 0 Å². The van der Waals surface area contributed by atoms with Crippen molar-refractivity contribution in [2.45, 2.75) is 24.4 Å². The molecule has 1 aliphatic rings. The van der Waals surface area contributed by atoms with Crippen LogP contribution in [0.1, 0.15) is 12.2 Å². The summed E-state index contributed by atoms with van der Waals surface area (Å²) in [6.07, 6.45) is 3.38. The predicted molar refractivity (Wildman–Crippen MR) is 41.9 cm³/mol. The lowest BCUT2D eigenvalue weighted by Crippen LogP contribution is -2.12. The number of primary sulfonamides is 1. The van der Waals surface area contributed by atoms with Crippen molar-refractivity contribution in [1.82, 2.24) is 9.55 Å². The zero-order valence-electron chi connectivity index (χ0n) is 6.40. The molecular weight excluding hydrogens is 178 g/mol. The first-order chi connectivity index (χ1) is 5.57. The lowest BCUT2D eigenvalue weighted by atomic mass is 10.4. The van der Waals surface area contributed by atoms with E-state index < -0.39 is 10.0 Å². The average Bonchev–Trinajstić information content (AvgIpc) is 2.37. The smallest absolute Gasteiger partial charge is 0.257 e. The number of fused-ring (bicyclic) bond motifs is 1. The Bertz CT molecular complexity index is 385. The predicted octanol–water partition coefficient (Wildman–Crippen LogP) is -0.523. The molecule has 0 atom stereocenters. The van der Waals surface area contributed by atoms with Crippen LogP contribution in [0, 0.1) is 0 Å².